The van der Waals surface area contributed by atoms with E-state index in [-0.39, 0.29) is 5.41 Å². The monoisotopic (exact) mass is 283 g/mol. The molecule has 5 heteroatoms. The second-order valence-electron chi connectivity index (χ2n) is 5.22. The third-order valence-corrected chi connectivity index (χ3v) is 3.31. The van der Waals surface area contributed by atoms with Crippen molar-refractivity contribution in [3.8, 4) is 0 Å². The summed E-state index contributed by atoms with van der Waals surface area (Å²) in [4.78, 5) is 0. The van der Waals surface area contributed by atoms with Gasteiger partial charge in [0, 0.05) is 10.4 Å². The maximum Gasteiger partial charge on any atom is 0.225 e. The van der Waals surface area contributed by atoms with Gasteiger partial charge in [0.1, 0.15) is 5.82 Å². The fourth-order valence-corrected chi connectivity index (χ4v) is 2.15. The second-order valence-corrected chi connectivity index (χ2v) is 5.97. The van der Waals surface area contributed by atoms with Crippen molar-refractivity contribution in [1.29, 1.82) is 0 Å². The lowest BCUT2D eigenvalue weighted by Gasteiger charge is -2.19. The molecule has 96 valence electrons. The van der Waals surface area contributed by atoms with Crippen molar-refractivity contribution < 1.29 is 0 Å². The van der Waals surface area contributed by atoms with E-state index in [1.807, 2.05) is 28.8 Å². The zero-order chi connectivity index (χ0) is 13.3. The quantitative estimate of drug-likeness (QED) is 0.836. The molecule has 2 aromatic rings. The highest BCUT2D eigenvalue weighted by Crippen LogP contribution is 2.25. The van der Waals surface area contributed by atoms with Gasteiger partial charge >= 0.3 is 0 Å². The molecule has 1 aromatic heterocycles. The number of rotatable bonds is 2. The number of halogens is 2. The summed E-state index contributed by atoms with van der Waals surface area (Å²) in [5, 5.41) is 9.21. The highest BCUT2D eigenvalue weighted by molar-refractivity contribution is 6.31. The Morgan fingerprint density at radius 3 is 2.39 bits per heavy atom. The van der Waals surface area contributed by atoms with Crippen LogP contribution in [-0.2, 0) is 12.0 Å². The van der Waals surface area contributed by atoms with Crippen LogP contribution in [0, 0.1) is 0 Å². The van der Waals surface area contributed by atoms with E-state index in [0.717, 1.165) is 16.4 Å². The Kier molecular flexibility index (Phi) is 3.64. The zero-order valence-corrected chi connectivity index (χ0v) is 12.1. The molecule has 0 aliphatic carbocycles. The van der Waals surface area contributed by atoms with Gasteiger partial charge in [-0.1, -0.05) is 50.6 Å². The maximum atomic E-state index is 6.16. The summed E-state index contributed by atoms with van der Waals surface area (Å²) in [5.41, 5.74) is 0.896. The van der Waals surface area contributed by atoms with Crippen LogP contribution >= 0.6 is 23.2 Å². The molecule has 0 amide bonds. The molecule has 3 nitrogen and oxygen atoms in total. The molecule has 0 saturated heterocycles. The number of hydrogen-bond acceptors (Lipinski definition) is 2. The van der Waals surface area contributed by atoms with E-state index < -0.39 is 0 Å². The van der Waals surface area contributed by atoms with Gasteiger partial charge in [-0.3, -0.25) is 4.57 Å². The Morgan fingerprint density at radius 2 is 1.78 bits per heavy atom. The van der Waals surface area contributed by atoms with Crippen LogP contribution in [0.2, 0.25) is 10.3 Å². The van der Waals surface area contributed by atoms with E-state index in [1.54, 1.807) is 0 Å². The van der Waals surface area contributed by atoms with Crippen molar-refractivity contribution in [1.82, 2.24) is 14.8 Å². The molecular weight excluding hydrogens is 269 g/mol. The van der Waals surface area contributed by atoms with Gasteiger partial charge in [0.25, 0.3) is 0 Å². The minimum atomic E-state index is -0.110. The molecular formula is C13H15Cl2N3. The lowest BCUT2D eigenvalue weighted by molar-refractivity contribution is 0.510. The summed E-state index contributed by atoms with van der Waals surface area (Å²) in [7, 11) is 0. The lowest BCUT2D eigenvalue weighted by Crippen LogP contribution is -2.19. The van der Waals surface area contributed by atoms with Crippen molar-refractivity contribution in [2.45, 2.75) is 32.7 Å². The molecule has 0 N–H and O–H groups in total. The van der Waals surface area contributed by atoms with Crippen molar-refractivity contribution >= 4 is 23.2 Å². The normalized spacial score (nSPS) is 11.8. The molecule has 0 saturated carbocycles. The first-order valence-corrected chi connectivity index (χ1v) is 6.48. The van der Waals surface area contributed by atoms with E-state index in [4.69, 9.17) is 23.2 Å². The second kappa shape index (κ2) is 4.90. The van der Waals surface area contributed by atoms with E-state index in [2.05, 4.69) is 31.0 Å². The smallest absolute Gasteiger partial charge is 0.225 e. The van der Waals surface area contributed by atoms with Crippen LogP contribution < -0.4 is 0 Å². The van der Waals surface area contributed by atoms with Crippen molar-refractivity contribution in [2.24, 2.45) is 0 Å². The highest BCUT2D eigenvalue weighted by atomic mass is 35.5. The molecule has 1 aromatic carbocycles. The summed E-state index contributed by atoms with van der Waals surface area (Å²) >= 11 is 12.3. The van der Waals surface area contributed by atoms with Gasteiger partial charge in [0.05, 0.1) is 6.54 Å². The Balaban J connectivity index is 2.41. The Hall–Kier alpha value is -1.06. The van der Waals surface area contributed by atoms with E-state index in [9.17, 15) is 0 Å². The topological polar surface area (TPSA) is 30.7 Å². The highest BCUT2D eigenvalue weighted by Gasteiger charge is 2.23. The summed E-state index contributed by atoms with van der Waals surface area (Å²) in [6, 6.07) is 7.71. The first-order valence-electron chi connectivity index (χ1n) is 5.72. The summed E-state index contributed by atoms with van der Waals surface area (Å²) in [6.07, 6.45) is 0. The molecule has 18 heavy (non-hydrogen) atoms. The number of hydrogen-bond donors (Lipinski definition) is 0. The van der Waals surface area contributed by atoms with Crippen LogP contribution in [-0.4, -0.2) is 14.8 Å². The number of aromatic nitrogens is 3. The van der Waals surface area contributed by atoms with E-state index in [0.29, 0.717) is 11.8 Å². The Bertz CT molecular complexity index is 556. The molecule has 0 unspecified atom stereocenters. The Labute approximate surface area is 117 Å². The minimum Gasteiger partial charge on any atom is -0.297 e. The molecule has 1 heterocycles. The van der Waals surface area contributed by atoms with Gasteiger partial charge in [0.2, 0.25) is 5.28 Å². The predicted molar refractivity (Wildman–Crippen MR) is 74.3 cm³/mol. The van der Waals surface area contributed by atoms with Crippen LogP contribution in [0.3, 0.4) is 0 Å². The minimum absolute atomic E-state index is 0.110. The average molecular weight is 284 g/mol. The summed E-state index contributed by atoms with van der Waals surface area (Å²) in [6.45, 7) is 6.82. The third kappa shape index (κ3) is 2.68. The average Bonchev–Trinajstić information content (AvgIpc) is 2.63. The van der Waals surface area contributed by atoms with Gasteiger partial charge in [0.15, 0.2) is 0 Å². The molecule has 0 aliphatic heterocycles. The molecule has 2 rings (SSSR count). The van der Waals surface area contributed by atoms with Crippen LogP contribution in [0.15, 0.2) is 24.3 Å². The first kappa shape index (κ1) is 13.4. The summed E-state index contributed by atoms with van der Waals surface area (Å²) < 4.78 is 1.89. The van der Waals surface area contributed by atoms with Crippen LogP contribution in [0.5, 0.6) is 0 Å². The number of benzene rings is 1. The number of nitrogens with zero attached hydrogens (tertiary/aromatic N) is 3. The fourth-order valence-electron chi connectivity index (χ4n) is 1.78. The van der Waals surface area contributed by atoms with Crippen LogP contribution in [0.25, 0.3) is 0 Å². The van der Waals surface area contributed by atoms with Crippen molar-refractivity contribution in [3.05, 3.63) is 46.0 Å². The SMILES string of the molecule is CC(C)(C)c1nnc(Cl)n1Cc1ccccc1Cl. The van der Waals surface area contributed by atoms with Crippen LogP contribution in [0.4, 0.5) is 0 Å². The molecule has 0 atom stereocenters. The van der Waals surface area contributed by atoms with Gasteiger partial charge in [-0.15, -0.1) is 10.2 Å². The van der Waals surface area contributed by atoms with Gasteiger partial charge in [-0.05, 0) is 23.2 Å². The lowest BCUT2D eigenvalue weighted by atomic mass is 9.95. The predicted octanol–water partition coefficient (Wildman–Crippen LogP) is 3.93. The fraction of sp³-hybridized carbons (Fsp3) is 0.385. The molecule has 0 spiro atoms. The largest absolute Gasteiger partial charge is 0.297 e. The standard InChI is InChI=1S/C13H15Cl2N3/c1-13(2,3)11-16-17-12(15)18(11)8-9-6-4-5-7-10(9)14/h4-7H,8H2,1-3H3. The molecule has 0 fully saturated rings. The first-order chi connectivity index (χ1) is 8.39. The van der Waals surface area contributed by atoms with E-state index >= 15 is 0 Å². The van der Waals surface area contributed by atoms with Gasteiger partial charge in [-0.25, -0.2) is 0 Å². The summed E-state index contributed by atoms with van der Waals surface area (Å²) in [5.74, 6) is 0.854. The maximum absolute atomic E-state index is 6.16. The molecule has 0 aliphatic rings. The zero-order valence-electron chi connectivity index (χ0n) is 10.6. The van der Waals surface area contributed by atoms with Crippen LogP contribution in [0.1, 0.15) is 32.2 Å². The van der Waals surface area contributed by atoms with Crippen molar-refractivity contribution in [2.75, 3.05) is 0 Å². The van der Waals surface area contributed by atoms with E-state index in [1.165, 1.54) is 0 Å². The molecule has 0 radical (unpaired) electrons. The Morgan fingerprint density at radius 1 is 1.11 bits per heavy atom. The van der Waals surface area contributed by atoms with Gasteiger partial charge < -0.3 is 0 Å². The molecule has 0 bridgehead atoms. The van der Waals surface area contributed by atoms with Gasteiger partial charge in [-0.2, -0.15) is 0 Å². The van der Waals surface area contributed by atoms with Crippen molar-refractivity contribution in [3.63, 3.8) is 0 Å². The third-order valence-electron chi connectivity index (χ3n) is 2.66.